The second-order valence-electron chi connectivity index (χ2n) is 5.99. The van der Waals surface area contributed by atoms with Gasteiger partial charge in [0.15, 0.2) is 0 Å². The first-order valence-corrected chi connectivity index (χ1v) is 8.56. The van der Waals surface area contributed by atoms with Gasteiger partial charge >= 0.3 is 0 Å². The summed E-state index contributed by atoms with van der Waals surface area (Å²) >= 11 is 2.04. The summed E-state index contributed by atoms with van der Waals surface area (Å²) in [6, 6.07) is 0. The van der Waals surface area contributed by atoms with Crippen LogP contribution >= 0.6 is 11.8 Å². The average Bonchev–Trinajstić information content (AvgIpc) is 2.86. The SMILES string of the molecule is C1CNCC(COC2CCOC3(CCSC3)C2)C1. The van der Waals surface area contributed by atoms with Crippen LogP contribution < -0.4 is 5.32 Å². The fraction of sp³-hybridized carbons (Fsp3) is 1.00. The van der Waals surface area contributed by atoms with E-state index in [1.807, 2.05) is 11.8 Å². The second kappa shape index (κ2) is 6.12. The van der Waals surface area contributed by atoms with E-state index < -0.39 is 0 Å². The van der Waals surface area contributed by atoms with Crippen LogP contribution in [0.5, 0.6) is 0 Å². The Morgan fingerprint density at radius 1 is 1.39 bits per heavy atom. The molecule has 0 aromatic carbocycles. The number of nitrogens with one attached hydrogen (secondary N) is 1. The van der Waals surface area contributed by atoms with Gasteiger partial charge in [-0.1, -0.05) is 0 Å². The Morgan fingerprint density at radius 2 is 2.39 bits per heavy atom. The lowest BCUT2D eigenvalue weighted by atomic mass is 9.91. The molecular weight excluding hydrogens is 246 g/mol. The Hall–Kier alpha value is 0.230. The van der Waals surface area contributed by atoms with E-state index in [4.69, 9.17) is 9.47 Å². The molecule has 0 aromatic rings. The van der Waals surface area contributed by atoms with Gasteiger partial charge in [-0.25, -0.2) is 0 Å². The predicted molar refractivity (Wildman–Crippen MR) is 75.2 cm³/mol. The highest BCUT2D eigenvalue weighted by molar-refractivity contribution is 7.99. The summed E-state index contributed by atoms with van der Waals surface area (Å²) in [7, 11) is 0. The summed E-state index contributed by atoms with van der Waals surface area (Å²) in [5.41, 5.74) is 0.165. The normalized spacial score (nSPS) is 41.3. The molecule has 4 heteroatoms. The molecule has 0 saturated carbocycles. The standard InChI is InChI=1S/C14H25NO2S/c1-2-12(9-15-5-1)10-16-13-3-6-17-14(8-13)4-7-18-11-14/h12-13,15H,1-11H2. The van der Waals surface area contributed by atoms with Crippen LogP contribution in [0.25, 0.3) is 0 Å². The maximum atomic E-state index is 6.18. The smallest absolute Gasteiger partial charge is 0.0805 e. The Labute approximate surface area is 114 Å². The second-order valence-corrected chi connectivity index (χ2v) is 7.10. The van der Waals surface area contributed by atoms with Crippen molar-refractivity contribution in [3.8, 4) is 0 Å². The Kier molecular flexibility index (Phi) is 4.50. The van der Waals surface area contributed by atoms with E-state index in [-0.39, 0.29) is 5.60 Å². The first-order valence-electron chi connectivity index (χ1n) is 7.40. The van der Waals surface area contributed by atoms with Gasteiger partial charge in [-0.3, -0.25) is 0 Å². The van der Waals surface area contributed by atoms with Gasteiger partial charge in [-0.05, 0) is 43.9 Å². The molecule has 3 heterocycles. The molecule has 0 bridgehead atoms. The first-order chi connectivity index (χ1) is 8.86. The lowest BCUT2D eigenvalue weighted by molar-refractivity contribution is -0.125. The summed E-state index contributed by atoms with van der Waals surface area (Å²) < 4.78 is 12.2. The Balaban J connectivity index is 1.44. The molecule has 0 radical (unpaired) electrons. The van der Waals surface area contributed by atoms with Crippen LogP contribution in [0, 0.1) is 5.92 Å². The Morgan fingerprint density at radius 3 is 3.17 bits per heavy atom. The molecule has 0 aliphatic carbocycles. The van der Waals surface area contributed by atoms with Gasteiger partial charge < -0.3 is 14.8 Å². The van der Waals surface area contributed by atoms with Crippen molar-refractivity contribution in [1.29, 1.82) is 0 Å². The third-order valence-corrected chi connectivity index (χ3v) is 5.70. The molecule has 0 amide bonds. The topological polar surface area (TPSA) is 30.5 Å². The van der Waals surface area contributed by atoms with Gasteiger partial charge in [0.2, 0.25) is 0 Å². The minimum atomic E-state index is 0.165. The zero-order valence-electron chi connectivity index (χ0n) is 11.2. The number of piperidine rings is 1. The summed E-state index contributed by atoms with van der Waals surface area (Å²) in [6.07, 6.45) is 6.52. The molecule has 3 fully saturated rings. The zero-order chi connectivity index (χ0) is 12.3. The van der Waals surface area contributed by atoms with E-state index in [2.05, 4.69) is 5.32 Å². The molecule has 3 rings (SSSR count). The highest BCUT2D eigenvalue weighted by Gasteiger charge is 2.40. The lowest BCUT2D eigenvalue weighted by Gasteiger charge is -2.38. The zero-order valence-corrected chi connectivity index (χ0v) is 12.0. The van der Waals surface area contributed by atoms with Gasteiger partial charge in [0.05, 0.1) is 18.3 Å². The highest BCUT2D eigenvalue weighted by atomic mass is 32.2. The van der Waals surface area contributed by atoms with E-state index in [0.29, 0.717) is 6.10 Å². The minimum absolute atomic E-state index is 0.165. The first kappa shape index (κ1) is 13.2. The number of hydrogen-bond acceptors (Lipinski definition) is 4. The van der Waals surface area contributed by atoms with E-state index in [0.717, 1.165) is 38.5 Å². The molecule has 104 valence electrons. The van der Waals surface area contributed by atoms with Gasteiger partial charge in [-0.15, -0.1) is 0 Å². The summed E-state index contributed by atoms with van der Waals surface area (Å²) in [4.78, 5) is 0. The maximum absolute atomic E-state index is 6.18. The lowest BCUT2D eigenvalue weighted by Crippen LogP contribution is -2.43. The van der Waals surface area contributed by atoms with Crippen LogP contribution in [-0.2, 0) is 9.47 Å². The van der Waals surface area contributed by atoms with E-state index >= 15 is 0 Å². The van der Waals surface area contributed by atoms with Crippen LogP contribution in [-0.4, -0.2) is 49.5 Å². The van der Waals surface area contributed by atoms with Crippen molar-refractivity contribution in [3.05, 3.63) is 0 Å². The molecule has 3 atom stereocenters. The molecule has 1 N–H and O–H groups in total. The highest BCUT2D eigenvalue weighted by Crippen LogP contribution is 2.39. The molecule has 18 heavy (non-hydrogen) atoms. The average molecular weight is 271 g/mol. The molecule has 1 spiro atoms. The third-order valence-electron chi connectivity index (χ3n) is 4.48. The van der Waals surface area contributed by atoms with Crippen LogP contribution in [0.2, 0.25) is 0 Å². The van der Waals surface area contributed by atoms with Gasteiger partial charge in [0, 0.05) is 25.3 Å². The largest absolute Gasteiger partial charge is 0.378 e. The van der Waals surface area contributed by atoms with Crippen LogP contribution in [0.15, 0.2) is 0 Å². The number of ether oxygens (including phenoxy) is 2. The van der Waals surface area contributed by atoms with Crippen LogP contribution in [0.3, 0.4) is 0 Å². The van der Waals surface area contributed by atoms with E-state index in [1.54, 1.807) is 0 Å². The quantitative estimate of drug-likeness (QED) is 0.851. The molecule has 3 nitrogen and oxygen atoms in total. The van der Waals surface area contributed by atoms with E-state index in [1.165, 1.54) is 37.3 Å². The number of rotatable bonds is 3. The Bertz CT molecular complexity index is 263. The van der Waals surface area contributed by atoms with Crippen molar-refractivity contribution in [1.82, 2.24) is 5.32 Å². The van der Waals surface area contributed by atoms with Gasteiger partial charge in [0.1, 0.15) is 0 Å². The molecule has 3 aliphatic heterocycles. The maximum Gasteiger partial charge on any atom is 0.0805 e. The van der Waals surface area contributed by atoms with Crippen molar-refractivity contribution < 1.29 is 9.47 Å². The van der Waals surface area contributed by atoms with E-state index in [9.17, 15) is 0 Å². The molecule has 3 aliphatic rings. The fourth-order valence-electron chi connectivity index (χ4n) is 3.33. The molecule has 3 saturated heterocycles. The van der Waals surface area contributed by atoms with Crippen molar-refractivity contribution >= 4 is 11.8 Å². The fourth-order valence-corrected chi connectivity index (χ4v) is 4.71. The predicted octanol–water partition coefficient (Wildman–Crippen LogP) is 2.06. The number of hydrogen-bond donors (Lipinski definition) is 1. The van der Waals surface area contributed by atoms with Crippen molar-refractivity contribution in [3.63, 3.8) is 0 Å². The van der Waals surface area contributed by atoms with Crippen LogP contribution in [0.1, 0.15) is 32.1 Å². The van der Waals surface area contributed by atoms with Gasteiger partial charge in [0.25, 0.3) is 0 Å². The molecule has 0 aromatic heterocycles. The summed E-state index contributed by atoms with van der Waals surface area (Å²) in [5, 5.41) is 3.46. The summed E-state index contributed by atoms with van der Waals surface area (Å²) in [6.45, 7) is 4.17. The monoisotopic (exact) mass is 271 g/mol. The molecule has 3 unspecified atom stereocenters. The third kappa shape index (κ3) is 3.21. The molecular formula is C14H25NO2S. The van der Waals surface area contributed by atoms with Gasteiger partial charge in [-0.2, -0.15) is 11.8 Å². The van der Waals surface area contributed by atoms with Crippen LogP contribution in [0.4, 0.5) is 0 Å². The minimum Gasteiger partial charge on any atom is -0.378 e. The van der Waals surface area contributed by atoms with Crippen molar-refractivity contribution in [2.24, 2.45) is 5.92 Å². The van der Waals surface area contributed by atoms with Crippen molar-refractivity contribution in [2.75, 3.05) is 37.8 Å². The van der Waals surface area contributed by atoms with Crippen molar-refractivity contribution in [2.45, 2.75) is 43.8 Å². The summed E-state index contributed by atoms with van der Waals surface area (Å²) in [5.74, 6) is 3.17. The number of thioether (sulfide) groups is 1.